The fourth-order valence-corrected chi connectivity index (χ4v) is 2.04. The van der Waals surface area contributed by atoms with Gasteiger partial charge in [0.2, 0.25) is 5.91 Å². The number of nitrogens with two attached hydrogens (primary N) is 1. The van der Waals surface area contributed by atoms with Crippen LogP contribution in [0.2, 0.25) is 0 Å². The molecule has 0 aliphatic rings. The van der Waals surface area contributed by atoms with E-state index < -0.39 is 11.5 Å². The highest BCUT2D eigenvalue weighted by Crippen LogP contribution is 2.15. The van der Waals surface area contributed by atoms with E-state index in [-0.39, 0.29) is 18.2 Å². The van der Waals surface area contributed by atoms with Crippen LogP contribution >= 0.6 is 0 Å². The minimum absolute atomic E-state index is 0.0871. The summed E-state index contributed by atoms with van der Waals surface area (Å²) < 4.78 is 0. The van der Waals surface area contributed by atoms with Gasteiger partial charge in [0, 0.05) is 12.0 Å². The van der Waals surface area contributed by atoms with Gasteiger partial charge in [0.1, 0.15) is 0 Å². The van der Waals surface area contributed by atoms with Crippen molar-refractivity contribution >= 4 is 11.9 Å². The molecular formula is C13H26N2O3. The fourth-order valence-electron chi connectivity index (χ4n) is 2.04. The molecule has 0 heterocycles. The zero-order chi connectivity index (χ0) is 14.3. The van der Waals surface area contributed by atoms with Crippen molar-refractivity contribution in [1.29, 1.82) is 0 Å². The zero-order valence-electron chi connectivity index (χ0n) is 11.8. The van der Waals surface area contributed by atoms with Crippen LogP contribution in [0.25, 0.3) is 0 Å². The number of hydrogen-bond acceptors (Lipinski definition) is 3. The lowest BCUT2D eigenvalue weighted by molar-refractivity contribution is -0.138. The summed E-state index contributed by atoms with van der Waals surface area (Å²) in [6, 6.07) is 0. The summed E-state index contributed by atoms with van der Waals surface area (Å²) in [5, 5.41) is 11.5. The van der Waals surface area contributed by atoms with E-state index in [2.05, 4.69) is 19.2 Å². The number of carbonyl (C=O) groups is 2. The quantitative estimate of drug-likeness (QED) is 0.613. The minimum atomic E-state index is -0.919. The molecular weight excluding hydrogens is 232 g/mol. The molecule has 4 N–H and O–H groups in total. The van der Waals surface area contributed by atoms with Crippen molar-refractivity contribution in [3.05, 3.63) is 0 Å². The minimum Gasteiger partial charge on any atom is -0.481 e. The Morgan fingerprint density at radius 2 is 1.89 bits per heavy atom. The number of hydrogen-bond donors (Lipinski definition) is 3. The van der Waals surface area contributed by atoms with Crippen LogP contribution in [0.1, 0.15) is 47.0 Å². The number of amides is 1. The molecule has 0 saturated carbocycles. The second kappa shape index (κ2) is 7.36. The zero-order valence-corrected chi connectivity index (χ0v) is 11.8. The predicted octanol–water partition coefficient (Wildman–Crippen LogP) is 1.37. The van der Waals surface area contributed by atoms with E-state index in [0.717, 1.165) is 6.42 Å². The van der Waals surface area contributed by atoms with Crippen molar-refractivity contribution in [3.63, 3.8) is 0 Å². The summed E-state index contributed by atoms with van der Waals surface area (Å²) in [7, 11) is 0. The lowest BCUT2D eigenvalue weighted by Gasteiger charge is -2.26. The van der Waals surface area contributed by atoms with Crippen molar-refractivity contribution < 1.29 is 14.7 Å². The van der Waals surface area contributed by atoms with Gasteiger partial charge in [-0.05, 0) is 38.6 Å². The first-order valence-corrected chi connectivity index (χ1v) is 6.39. The van der Waals surface area contributed by atoms with Crippen molar-refractivity contribution in [3.8, 4) is 0 Å². The van der Waals surface area contributed by atoms with E-state index in [4.69, 9.17) is 10.8 Å². The van der Waals surface area contributed by atoms with Crippen LogP contribution in [-0.4, -0.2) is 29.1 Å². The first-order valence-electron chi connectivity index (χ1n) is 6.39. The van der Waals surface area contributed by atoms with Gasteiger partial charge in [0.05, 0.1) is 6.42 Å². The lowest BCUT2D eigenvalue weighted by Crippen LogP contribution is -2.45. The second-order valence-corrected chi connectivity index (χ2v) is 5.94. The molecule has 0 aliphatic heterocycles. The number of carboxylic acid groups (broad SMARTS) is 1. The molecule has 0 aromatic carbocycles. The monoisotopic (exact) mass is 258 g/mol. The van der Waals surface area contributed by atoms with Gasteiger partial charge in [0.25, 0.3) is 0 Å². The third kappa shape index (κ3) is 8.06. The molecule has 0 radical (unpaired) electrons. The largest absolute Gasteiger partial charge is 0.481 e. The summed E-state index contributed by atoms with van der Waals surface area (Å²) in [6.45, 7) is 8.08. The molecule has 0 bridgehead atoms. The summed E-state index contributed by atoms with van der Waals surface area (Å²) in [5.74, 6) is -0.390. The van der Waals surface area contributed by atoms with Crippen molar-refractivity contribution in [2.24, 2.45) is 17.6 Å². The highest BCUT2D eigenvalue weighted by atomic mass is 16.4. The highest BCUT2D eigenvalue weighted by molar-refractivity contribution is 5.78. The Morgan fingerprint density at radius 3 is 2.28 bits per heavy atom. The smallest absolute Gasteiger partial charge is 0.305 e. The molecule has 5 heteroatoms. The van der Waals surface area contributed by atoms with Crippen LogP contribution in [0, 0.1) is 11.8 Å². The van der Waals surface area contributed by atoms with Crippen molar-refractivity contribution in [2.45, 2.75) is 52.5 Å². The van der Waals surface area contributed by atoms with E-state index in [0.29, 0.717) is 18.9 Å². The van der Waals surface area contributed by atoms with E-state index >= 15 is 0 Å². The van der Waals surface area contributed by atoms with Crippen LogP contribution < -0.4 is 11.1 Å². The third-order valence-electron chi connectivity index (χ3n) is 2.68. The third-order valence-corrected chi connectivity index (χ3v) is 2.68. The maximum absolute atomic E-state index is 11.8. The van der Waals surface area contributed by atoms with Gasteiger partial charge >= 0.3 is 5.97 Å². The molecule has 0 unspecified atom stereocenters. The Morgan fingerprint density at radius 1 is 1.33 bits per heavy atom. The topological polar surface area (TPSA) is 92.4 Å². The Bertz CT molecular complexity index is 288. The molecule has 1 atom stereocenters. The lowest BCUT2D eigenvalue weighted by atomic mass is 9.93. The number of carboxylic acids is 1. The van der Waals surface area contributed by atoms with E-state index in [1.165, 1.54) is 0 Å². The van der Waals surface area contributed by atoms with E-state index in [1.54, 1.807) is 13.8 Å². The Balaban J connectivity index is 4.27. The van der Waals surface area contributed by atoms with Crippen LogP contribution in [-0.2, 0) is 9.59 Å². The average Bonchev–Trinajstić information content (AvgIpc) is 2.12. The molecule has 0 aromatic heterocycles. The number of carbonyl (C=O) groups excluding carboxylic acids is 1. The summed E-state index contributed by atoms with van der Waals surface area (Å²) in [4.78, 5) is 22.5. The van der Waals surface area contributed by atoms with Crippen molar-refractivity contribution in [1.82, 2.24) is 5.32 Å². The van der Waals surface area contributed by atoms with Crippen LogP contribution in [0.5, 0.6) is 0 Å². The normalized spacial score (nSPS) is 13.4. The van der Waals surface area contributed by atoms with Gasteiger partial charge in [-0.1, -0.05) is 13.8 Å². The summed E-state index contributed by atoms with van der Waals surface area (Å²) >= 11 is 0. The van der Waals surface area contributed by atoms with Crippen LogP contribution in [0.15, 0.2) is 0 Å². The molecule has 0 aliphatic carbocycles. The van der Waals surface area contributed by atoms with Crippen LogP contribution in [0.4, 0.5) is 0 Å². The van der Waals surface area contributed by atoms with Crippen molar-refractivity contribution in [2.75, 3.05) is 6.54 Å². The average molecular weight is 258 g/mol. The fraction of sp³-hybridized carbons (Fsp3) is 0.846. The van der Waals surface area contributed by atoms with Gasteiger partial charge in [-0.25, -0.2) is 0 Å². The van der Waals surface area contributed by atoms with Gasteiger partial charge in [-0.2, -0.15) is 0 Å². The van der Waals surface area contributed by atoms with Gasteiger partial charge < -0.3 is 16.2 Å². The maximum atomic E-state index is 11.8. The molecule has 1 amide bonds. The van der Waals surface area contributed by atoms with E-state index in [1.807, 2.05) is 0 Å². The molecule has 18 heavy (non-hydrogen) atoms. The first kappa shape index (κ1) is 16.9. The van der Waals surface area contributed by atoms with Crippen LogP contribution in [0.3, 0.4) is 0 Å². The van der Waals surface area contributed by atoms with E-state index in [9.17, 15) is 9.59 Å². The molecule has 106 valence electrons. The maximum Gasteiger partial charge on any atom is 0.305 e. The molecule has 0 aromatic rings. The number of rotatable bonds is 8. The second-order valence-electron chi connectivity index (χ2n) is 5.94. The van der Waals surface area contributed by atoms with Gasteiger partial charge in [0.15, 0.2) is 0 Å². The Labute approximate surface area is 109 Å². The predicted molar refractivity (Wildman–Crippen MR) is 71.1 cm³/mol. The number of aliphatic carboxylic acids is 1. The Hall–Kier alpha value is -1.10. The first-order chi connectivity index (χ1) is 8.16. The summed E-state index contributed by atoms with van der Waals surface area (Å²) in [6.07, 6.45) is 1.18. The molecule has 0 spiro atoms. The molecule has 5 nitrogen and oxygen atoms in total. The van der Waals surface area contributed by atoms with Gasteiger partial charge in [-0.3, -0.25) is 9.59 Å². The number of nitrogens with one attached hydrogen (secondary N) is 1. The SMILES string of the molecule is CC(C)C[C@H](CN)CC(=O)NC(C)(C)CC(=O)O. The summed E-state index contributed by atoms with van der Waals surface area (Å²) in [5.41, 5.74) is 4.92. The van der Waals surface area contributed by atoms with Gasteiger partial charge in [-0.15, -0.1) is 0 Å². The Kier molecular flexibility index (Phi) is 6.91. The molecule has 0 rings (SSSR count). The highest BCUT2D eigenvalue weighted by Gasteiger charge is 2.25. The molecule has 0 fully saturated rings. The standard InChI is InChI=1S/C13H26N2O3/c1-9(2)5-10(8-14)6-11(16)15-13(3,4)7-12(17)18/h9-10H,5-8,14H2,1-4H3,(H,15,16)(H,17,18)/t10-/m0/s1. The molecule has 0 saturated heterocycles.